The Morgan fingerprint density at radius 1 is 1.10 bits per heavy atom. The SMILES string of the molecule is Cc1ccc(-n2nc(C(=O)NC3CCN(C)CC3)cc2-c2ccc(C#N)cc2)cc1. The van der Waals surface area contributed by atoms with Crippen molar-refractivity contribution < 1.29 is 4.79 Å². The number of hydrogen-bond acceptors (Lipinski definition) is 4. The molecule has 0 atom stereocenters. The third kappa shape index (κ3) is 4.27. The van der Waals surface area contributed by atoms with Gasteiger partial charge in [-0.3, -0.25) is 4.79 Å². The van der Waals surface area contributed by atoms with E-state index in [-0.39, 0.29) is 11.9 Å². The lowest BCUT2D eigenvalue weighted by atomic mass is 10.1. The van der Waals surface area contributed by atoms with Crippen molar-refractivity contribution in [3.63, 3.8) is 0 Å². The zero-order chi connectivity index (χ0) is 21.1. The standard InChI is InChI=1S/C24H25N5O/c1-17-3-9-21(10-4-17)29-23(19-7-5-18(16-25)6-8-19)15-22(27-29)24(30)26-20-11-13-28(2)14-12-20/h3-10,15,20H,11-14H2,1-2H3,(H,26,30). The van der Waals surface area contributed by atoms with E-state index in [0.29, 0.717) is 11.3 Å². The highest BCUT2D eigenvalue weighted by Crippen LogP contribution is 2.25. The van der Waals surface area contributed by atoms with Gasteiger partial charge in [-0.25, -0.2) is 4.68 Å². The Morgan fingerprint density at radius 3 is 2.40 bits per heavy atom. The Labute approximate surface area is 176 Å². The minimum atomic E-state index is -0.148. The predicted octanol–water partition coefficient (Wildman–Crippen LogP) is 3.54. The lowest BCUT2D eigenvalue weighted by molar-refractivity contribution is 0.0911. The molecule has 1 fully saturated rings. The average Bonchev–Trinajstić information content (AvgIpc) is 3.21. The highest BCUT2D eigenvalue weighted by molar-refractivity contribution is 5.93. The van der Waals surface area contributed by atoms with Gasteiger partial charge < -0.3 is 10.2 Å². The molecular weight excluding hydrogens is 374 g/mol. The quantitative estimate of drug-likeness (QED) is 0.728. The molecule has 1 N–H and O–H groups in total. The Morgan fingerprint density at radius 2 is 1.77 bits per heavy atom. The molecule has 0 spiro atoms. The Bertz CT molecular complexity index is 1070. The molecule has 3 aromatic rings. The van der Waals surface area contributed by atoms with Crippen LogP contribution < -0.4 is 5.32 Å². The number of nitriles is 1. The summed E-state index contributed by atoms with van der Waals surface area (Å²) in [5.41, 5.74) is 4.76. The van der Waals surface area contributed by atoms with E-state index in [9.17, 15) is 4.79 Å². The van der Waals surface area contributed by atoms with E-state index in [4.69, 9.17) is 5.26 Å². The van der Waals surface area contributed by atoms with Crippen LogP contribution in [0.5, 0.6) is 0 Å². The van der Waals surface area contributed by atoms with E-state index in [1.807, 2.05) is 49.4 Å². The molecule has 30 heavy (non-hydrogen) atoms. The van der Waals surface area contributed by atoms with E-state index in [2.05, 4.69) is 28.4 Å². The lowest BCUT2D eigenvalue weighted by Gasteiger charge is -2.29. The second-order valence-corrected chi connectivity index (χ2v) is 7.90. The molecule has 4 rings (SSSR count). The van der Waals surface area contributed by atoms with Gasteiger partial charge in [0.15, 0.2) is 5.69 Å². The van der Waals surface area contributed by atoms with Crippen LogP contribution in [0.1, 0.15) is 34.5 Å². The maximum absolute atomic E-state index is 12.9. The van der Waals surface area contributed by atoms with Gasteiger partial charge in [0.2, 0.25) is 0 Å². The van der Waals surface area contributed by atoms with Crippen LogP contribution in [0.2, 0.25) is 0 Å². The number of benzene rings is 2. The van der Waals surface area contributed by atoms with Gasteiger partial charge in [-0.2, -0.15) is 10.4 Å². The van der Waals surface area contributed by atoms with Crippen LogP contribution in [0.4, 0.5) is 0 Å². The summed E-state index contributed by atoms with van der Waals surface area (Å²) in [6.07, 6.45) is 1.90. The number of hydrogen-bond donors (Lipinski definition) is 1. The molecule has 2 aromatic carbocycles. The largest absolute Gasteiger partial charge is 0.348 e. The minimum absolute atomic E-state index is 0.148. The maximum atomic E-state index is 12.9. The number of carbonyl (C=O) groups excluding carboxylic acids is 1. The fourth-order valence-electron chi connectivity index (χ4n) is 3.71. The van der Waals surface area contributed by atoms with Crippen LogP contribution in [-0.2, 0) is 0 Å². The molecule has 1 aliphatic heterocycles. The van der Waals surface area contributed by atoms with Crippen LogP contribution in [0.15, 0.2) is 54.6 Å². The van der Waals surface area contributed by atoms with Gasteiger partial charge in [-0.15, -0.1) is 0 Å². The summed E-state index contributed by atoms with van der Waals surface area (Å²) in [4.78, 5) is 15.2. The van der Waals surface area contributed by atoms with Gasteiger partial charge in [0, 0.05) is 11.6 Å². The highest BCUT2D eigenvalue weighted by Gasteiger charge is 2.22. The summed E-state index contributed by atoms with van der Waals surface area (Å²) in [7, 11) is 2.10. The molecule has 0 bridgehead atoms. The van der Waals surface area contributed by atoms with Crippen LogP contribution >= 0.6 is 0 Å². The second kappa shape index (κ2) is 8.52. The topological polar surface area (TPSA) is 74.0 Å². The third-order valence-corrected chi connectivity index (χ3v) is 5.58. The molecule has 2 heterocycles. The van der Waals surface area contributed by atoms with Crippen molar-refractivity contribution in [1.29, 1.82) is 5.26 Å². The Hall–Kier alpha value is -3.43. The molecule has 1 amide bonds. The molecule has 152 valence electrons. The van der Waals surface area contributed by atoms with Crippen molar-refractivity contribution in [2.24, 2.45) is 0 Å². The van der Waals surface area contributed by atoms with E-state index >= 15 is 0 Å². The summed E-state index contributed by atoms with van der Waals surface area (Å²) in [6, 6.07) is 19.5. The maximum Gasteiger partial charge on any atom is 0.272 e. The molecule has 6 nitrogen and oxygen atoms in total. The number of nitrogens with one attached hydrogen (secondary N) is 1. The fraction of sp³-hybridized carbons (Fsp3) is 0.292. The van der Waals surface area contributed by atoms with Gasteiger partial charge in [0.25, 0.3) is 5.91 Å². The second-order valence-electron chi connectivity index (χ2n) is 7.90. The van der Waals surface area contributed by atoms with E-state index in [0.717, 1.165) is 48.4 Å². The average molecular weight is 399 g/mol. The molecule has 0 radical (unpaired) electrons. The summed E-state index contributed by atoms with van der Waals surface area (Å²) < 4.78 is 1.80. The minimum Gasteiger partial charge on any atom is -0.348 e. The smallest absolute Gasteiger partial charge is 0.272 e. The van der Waals surface area contributed by atoms with Crippen LogP contribution in [-0.4, -0.2) is 46.8 Å². The number of nitrogens with zero attached hydrogens (tertiary/aromatic N) is 4. The monoisotopic (exact) mass is 399 g/mol. The Balaban J connectivity index is 1.67. The number of aromatic nitrogens is 2. The first-order valence-corrected chi connectivity index (χ1v) is 10.2. The lowest BCUT2D eigenvalue weighted by Crippen LogP contribution is -2.43. The number of piperidine rings is 1. The van der Waals surface area contributed by atoms with E-state index in [1.54, 1.807) is 16.8 Å². The molecule has 6 heteroatoms. The zero-order valence-corrected chi connectivity index (χ0v) is 17.3. The summed E-state index contributed by atoms with van der Waals surface area (Å²) in [6.45, 7) is 4.01. The molecule has 1 saturated heterocycles. The highest BCUT2D eigenvalue weighted by atomic mass is 16.2. The zero-order valence-electron chi connectivity index (χ0n) is 17.3. The van der Waals surface area contributed by atoms with E-state index < -0.39 is 0 Å². The number of likely N-dealkylation sites (tertiary alicyclic amines) is 1. The first-order valence-electron chi connectivity index (χ1n) is 10.2. The number of rotatable bonds is 4. The molecule has 0 aliphatic carbocycles. The van der Waals surface area contributed by atoms with Crippen molar-refractivity contribution in [2.75, 3.05) is 20.1 Å². The van der Waals surface area contributed by atoms with Crippen molar-refractivity contribution in [1.82, 2.24) is 20.0 Å². The van der Waals surface area contributed by atoms with Crippen LogP contribution in [0.3, 0.4) is 0 Å². The molecule has 0 saturated carbocycles. The predicted molar refractivity (Wildman–Crippen MR) is 116 cm³/mol. The van der Waals surface area contributed by atoms with Gasteiger partial charge >= 0.3 is 0 Å². The van der Waals surface area contributed by atoms with Gasteiger partial charge in [0.05, 0.1) is 23.0 Å². The normalized spacial score (nSPS) is 15.0. The van der Waals surface area contributed by atoms with Crippen molar-refractivity contribution in [3.8, 4) is 23.0 Å². The Kier molecular flexibility index (Phi) is 5.64. The molecular formula is C24H25N5O. The molecule has 1 aliphatic rings. The first-order chi connectivity index (χ1) is 14.5. The van der Waals surface area contributed by atoms with Crippen LogP contribution in [0, 0.1) is 18.3 Å². The third-order valence-electron chi connectivity index (χ3n) is 5.58. The fourth-order valence-corrected chi connectivity index (χ4v) is 3.71. The van der Waals surface area contributed by atoms with Gasteiger partial charge in [0.1, 0.15) is 0 Å². The molecule has 0 unspecified atom stereocenters. The van der Waals surface area contributed by atoms with E-state index in [1.165, 1.54) is 0 Å². The van der Waals surface area contributed by atoms with Crippen molar-refractivity contribution in [2.45, 2.75) is 25.8 Å². The summed E-state index contributed by atoms with van der Waals surface area (Å²) >= 11 is 0. The number of amides is 1. The first kappa shape index (κ1) is 19.9. The van der Waals surface area contributed by atoms with Crippen LogP contribution in [0.25, 0.3) is 16.9 Å². The summed E-state index contributed by atoms with van der Waals surface area (Å²) in [5.74, 6) is -0.148. The number of carbonyl (C=O) groups is 1. The van der Waals surface area contributed by atoms with Crippen molar-refractivity contribution in [3.05, 3.63) is 71.4 Å². The molecule has 1 aromatic heterocycles. The van der Waals surface area contributed by atoms with Gasteiger partial charge in [-0.05, 0) is 70.2 Å². The van der Waals surface area contributed by atoms with Crippen molar-refractivity contribution >= 4 is 5.91 Å². The number of aryl methyl sites for hydroxylation is 1. The summed E-state index contributed by atoms with van der Waals surface area (Å²) in [5, 5.41) is 16.9. The van der Waals surface area contributed by atoms with Gasteiger partial charge in [-0.1, -0.05) is 29.8 Å².